The molecule has 0 saturated carbocycles. The van der Waals surface area contributed by atoms with Gasteiger partial charge in [-0.05, 0) is 46.2 Å². The highest BCUT2D eigenvalue weighted by atomic mass is 32.1. The lowest BCUT2D eigenvalue weighted by atomic mass is 10.0. The molecule has 1 atom stereocenters. The van der Waals surface area contributed by atoms with Gasteiger partial charge in [0.2, 0.25) is 5.91 Å². The summed E-state index contributed by atoms with van der Waals surface area (Å²) in [7, 11) is 0. The molecule has 1 aromatic heterocycles. The molecule has 5 heteroatoms. The van der Waals surface area contributed by atoms with Gasteiger partial charge in [-0.25, -0.2) is 0 Å². The maximum atomic E-state index is 13.5. The summed E-state index contributed by atoms with van der Waals surface area (Å²) >= 11 is 1.10. The van der Waals surface area contributed by atoms with Gasteiger partial charge in [-0.2, -0.15) is 4.39 Å². The average Bonchev–Trinajstić information content (AvgIpc) is 2.66. The van der Waals surface area contributed by atoms with Gasteiger partial charge in [-0.1, -0.05) is 13.3 Å². The van der Waals surface area contributed by atoms with Crippen molar-refractivity contribution in [3.63, 3.8) is 0 Å². The Balaban J connectivity index is 2.10. The van der Waals surface area contributed by atoms with Gasteiger partial charge < -0.3 is 5.32 Å². The summed E-state index contributed by atoms with van der Waals surface area (Å²) in [5, 5.41) is 2.75. The number of likely N-dealkylation sites (tertiary alicyclic amines) is 1. The Morgan fingerprint density at radius 1 is 1.45 bits per heavy atom. The highest BCUT2D eigenvalue weighted by Crippen LogP contribution is 2.31. The van der Waals surface area contributed by atoms with E-state index in [9.17, 15) is 9.18 Å². The average molecular weight is 298 g/mol. The molecule has 0 spiro atoms. The molecular formula is C15H23FN2OS. The van der Waals surface area contributed by atoms with Crippen molar-refractivity contribution >= 4 is 22.9 Å². The Hall–Kier alpha value is -0.940. The zero-order valence-electron chi connectivity index (χ0n) is 12.5. The molecule has 1 aliphatic rings. The van der Waals surface area contributed by atoms with Crippen molar-refractivity contribution in [3.8, 4) is 0 Å². The van der Waals surface area contributed by atoms with Crippen molar-refractivity contribution in [2.75, 3.05) is 18.4 Å². The molecule has 1 aromatic rings. The van der Waals surface area contributed by atoms with Crippen LogP contribution in [0.15, 0.2) is 0 Å². The summed E-state index contributed by atoms with van der Waals surface area (Å²) < 4.78 is 13.5. The van der Waals surface area contributed by atoms with E-state index in [-0.39, 0.29) is 17.1 Å². The molecule has 3 nitrogen and oxygen atoms in total. The maximum Gasteiger partial charge on any atom is 0.241 e. The number of nitrogens with one attached hydrogen (secondary N) is 1. The third kappa shape index (κ3) is 3.20. The number of aryl methyl sites for hydroxylation is 1. The summed E-state index contributed by atoms with van der Waals surface area (Å²) in [5.41, 5.74) is 1.22. The number of hydrogen-bond acceptors (Lipinski definition) is 3. The lowest BCUT2D eigenvalue weighted by Crippen LogP contribution is -2.47. The van der Waals surface area contributed by atoms with E-state index in [1.807, 2.05) is 6.92 Å². The Kier molecular flexibility index (Phi) is 5.16. The quantitative estimate of drug-likeness (QED) is 0.919. The van der Waals surface area contributed by atoms with E-state index in [0.717, 1.165) is 55.0 Å². The number of halogens is 1. The Labute approximate surface area is 124 Å². The third-order valence-electron chi connectivity index (χ3n) is 3.94. The smallest absolute Gasteiger partial charge is 0.241 e. The second kappa shape index (κ2) is 6.68. The molecule has 1 amide bonds. The van der Waals surface area contributed by atoms with Crippen LogP contribution in [0, 0.1) is 19.0 Å². The molecule has 0 aromatic carbocycles. The molecule has 1 N–H and O–H groups in total. The van der Waals surface area contributed by atoms with Crippen molar-refractivity contribution < 1.29 is 9.18 Å². The zero-order chi connectivity index (χ0) is 14.7. The molecule has 20 heavy (non-hydrogen) atoms. The van der Waals surface area contributed by atoms with Crippen LogP contribution in [0.4, 0.5) is 10.1 Å². The van der Waals surface area contributed by atoms with Crippen molar-refractivity contribution in [2.45, 2.75) is 52.5 Å². The molecule has 0 radical (unpaired) electrons. The van der Waals surface area contributed by atoms with Crippen LogP contribution in [0.5, 0.6) is 0 Å². The second-order valence-corrected chi connectivity index (χ2v) is 6.64. The van der Waals surface area contributed by atoms with Crippen molar-refractivity contribution in [2.24, 2.45) is 0 Å². The van der Waals surface area contributed by atoms with Crippen molar-refractivity contribution in [3.05, 3.63) is 15.6 Å². The van der Waals surface area contributed by atoms with Gasteiger partial charge in [0, 0.05) is 10.4 Å². The summed E-state index contributed by atoms with van der Waals surface area (Å²) in [6.45, 7) is 7.64. The first kappa shape index (κ1) is 15.4. The number of amides is 1. The number of carbonyl (C=O) groups is 1. The number of nitrogens with zero attached hydrogens (tertiary/aromatic N) is 1. The number of thiophene rings is 1. The molecule has 0 bridgehead atoms. The van der Waals surface area contributed by atoms with Crippen LogP contribution in [-0.4, -0.2) is 29.9 Å². The van der Waals surface area contributed by atoms with Crippen LogP contribution >= 0.6 is 11.3 Å². The first-order valence-corrected chi connectivity index (χ1v) is 8.16. The molecular weight excluding hydrogens is 275 g/mol. The first-order chi connectivity index (χ1) is 9.54. The first-order valence-electron chi connectivity index (χ1n) is 7.35. The van der Waals surface area contributed by atoms with E-state index in [2.05, 4.69) is 17.1 Å². The fraction of sp³-hybridized carbons (Fsp3) is 0.667. The predicted molar refractivity (Wildman–Crippen MR) is 81.9 cm³/mol. The Morgan fingerprint density at radius 2 is 2.20 bits per heavy atom. The van der Waals surface area contributed by atoms with Gasteiger partial charge in [0.05, 0.1) is 11.7 Å². The van der Waals surface area contributed by atoms with E-state index in [0.29, 0.717) is 11.3 Å². The monoisotopic (exact) mass is 298 g/mol. The zero-order valence-corrected chi connectivity index (χ0v) is 13.3. The molecule has 2 rings (SSSR count). The van der Waals surface area contributed by atoms with E-state index in [4.69, 9.17) is 0 Å². The second-order valence-electron chi connectivity index (χ2n) is 5.47. The fourth-order valence-corrected chi connectivity index (χ4v) is 3.69. The topological polar surface area (TPSA) is 32.3 Å². The van der Waals surface area contributed by atoms with E-state index < -0.39 is 0 Å². The summed E-state index contributed by atoms with van der Waals surface area (Å²) in [5.74, 6) is 0.0159. The molecule has 112 valence electrons. The van der Waals surface area contributed by atoms with E-state index in [1.54, 1.807) is 6.92 Å². The SMILES string of the molecule is CCCN1CCCCC1C(=O)Nc1c(C)sc(F)c1C. The summed E-state index contributed by atoms with van der Waals surface area (Å²) in [6.07, 6.45) is 4.20. The minimum Gasteiger partial charge on any atom is -0.323 e. The van der Waals surface area contributed by atoms with Gasteiger partial charge in [-0.3, -0.25) is 9.69 Å². The van der Waals surface area contributed by atoms with Gasteiger partial charge in [0.1, 0.15) is 0 Å². The highest BCUT2D eigenvalue weighted by Gasteiger charge is 2.29. The van der Waals surface area contributed by atoms with Crippen LogP contribution in [-0.2, 0) is 4.79 Å². The van der Waals surface area contributed by atoms with Gasteiger partial charge in [-0.15, -0.1) is 11.3 Å². The lowest BCUT2D eigenvalue weighted by molar-refractivity contribution is -0.122. The summed E-state index contributed by atoms with van der Waals surface area (Å²) in [4.78, 5) is 15.6. The summed E-state index contributed by atoms with van der Waals surface area (Å²) in [6, 6.07) is -0.0644. The fourth-order valence-electron chi connectivity index (χ4n) is 2.86. The molecule has 1 saturated heterocycles. The number of carbonyl (C=O) groups excluding carboxylic acids is 1. The lowest BCUT2D eigenvalue weighted by Gasteiger charge is -2.34. The molecule has 0 aliphatic carbocycles. The van der Waals surface area contributed by atoms with Gasteiger partial charge in [0.15, 0.2) is 5.13 Å². The minimum atomic E-state index is -0.202. The van der Waals surface area contributed by atoms with Gasteiger partial charge >= 0.3 is 0 Å². The van der Waals surface area contributed by atoms with Crippen LogP contribution in [0.1, 0.15) is 43.0 Å². The van der Waals surface area contributed by atoms with Crippen LogP contribution < -0.4 is 5.32 Å². The normalized spacial score (nSPS) is 20.1. The number of hydrogen-bond donors (Lipinski definition) is 1. The Bertz CT molecular complexity index is 484. The van der Waals surface area contributed by atoms with E-state index >= 15 is 0 Å². The molecule has 1 aliphatic heterocycles. The van der Waals surface area contributed by atoms with Crippen LogP contribution in [0.2, 0.25) is 0 Å². The van der Waals surface area contributed by atoms with Crippen molar-refractivity contribution in [1.29, 1.82) is 0 Å². The molecule has 2 heterocycles. The molecule has 1 fully saturated rings. The number of piperidine rings is 1. The van der Waals surface area contributed by atoms with E-state index in [1.165, 1.54) is 0 Å². The number of anilines is 1. The van der Waals surface area contributed by atoms with Crippen LogP contribution in [0.25, 0.3) is 0 Å². The highest BCUT2D eigenvalue weighted by molar-refractivity contribution is 7.11. The number of rotatable bonds is 4. The van der Waals surface area contributed by atoms with Gasteiger partial charge in [0.25, 0.3) is 0 Å². The molecule has 1 unspecified atom stereocenters. The van der Waals surface area contributed by atoms with Crippen molar-refractivity contribution in [1.82, 2.24) is 4.90 Å². The Morgan fingerprint density at radius 3 is 2.80 bits per heavy atom. The third-order valence-corrected chi connectivity index (χ3v) is 4.94. The van der Waals surface area contributed by atoms with Crippen LogP contribution in [0.3, 0.4) is 0 Å². The maximum absolute atomic E-state index is 13.5. The largest absolute Gasteiger partial charge is 0.323 e. The predicted octanol–water partition coefficient (Wildman–Crippen LogP) is 3.71. The minimum absolute atomic E-state index is 0.0159. The standard InChI is InChI=1S/C15H23FN2OS/c1-4-8-18-9-6-5-7-12(18)15(19)17-13-10(2)14(16)20-11(13)3/h12H,4-9H2,1-3H3,(H,17,19).